The lowest BCUT2D eigenvalue weighted by atomic mass is 10.3. The van der Waals surface area contributed by atoms with Crippen molar-refractivity contribution in [2.45, 2.75) is 30.9 Å². The summed E-state index contributed by atoms with van der Waals surface area (Å²) in [5.41, 5.74) is 0. The highest BCUT2D eigenvalue weighted by Crippen LogP contribution is 2.22. The summed E-state index contributed by atoms with van der Waals surface area (Å²) in [6, 6.07) is 0. The summed E-state index contributed by atoms with van der Waals surface area (Å²) in [6.07, 6.45) is -2.40. The van der Waals surface area contributed by atoms with Gasteiger partial charge >= 0.3 is 12.3 Å². The van der Waals surface area contributed by atoms with Gasteiger partial charge in [-0.15, -0.1) is 0 Å². The molecule has 2 atom stereocenters. The summed E-state index contributed by atoms with van der Waals surface area (Å²) in [4.78, 5) is 10.6. The van der Waals surface area contributed by atoms with Crippen LogP contribution in [0.4, 0.5) is 17.6 Å². The Kier molecular flexibility index (Phi) is 5.91. The molecule has 0 saturated carbocycles. The largest absolute Gasteiger partial charge is 0.383 e. The van der Waals surface area contributed by atoms with Gasteiger partial charge in [-0.3, -0.25) is 9.00 Å². The average Bonchev–Trinajstić information content (AvgIpc) is 2.16. The van der Waals surface area contributed by atoms with Gasteiger partial charge in [-0.1, -0.05) is 6.92 Å². The Morgan fingerprint density at radius 2 is 1.94 bits per heavy atom. The zero-order chi connectivity index (χ0) is 12.9. The minimum Gasteiger partial charge on any atom is -0.351 e. The summed E-state index contributed by atoms with van der Waals surface area (Å²) >= 11 is 0. The minimum absolute atomic E-state index is 0.189. The third kappa shape index (κ3) is 4.46. The van der Waals surface area contributed by atoms with E-state index in [-0.39, 0.29) is 18.2 Å². The molecule has 1 amide bonds. The second-order valence-electron chi connectivity index (χ2n) is 3.28. The molecule has 0 radical (unpaired) electrons. The second kappa shape index (κ2) is 6.17. The van der Waals surface area contributed by atoms with Gasteiger partial charge in [-0.2, -0.15) is 8.78 Å². The summed E-state index contributed by atoms with van der Waals surface area (Å²) in [5.74, 6) is -6.68. The maximum atomic E-state index is 12.4. The molecule has 1 N–H and O–H groups in total. The van der Waals surface area contributed by atoms with Crippen LogP contribution in [0.3, 0.4) is 0 Å². The molecule has 2 unspecified atom stereocenters. The number of carbonyl (C=O) groups is 1. The monoisotopic (exact) mass is 263 g/mol. The molecule has 0 aliphatic rings. The fourth-order valence-electron chi connectivity index (χ4n) is 0.772. The van der Waals surface area contributed by atoms with Crippen LogP contribution in [0.15, 0.2) is 0 Å². The predicted octanol–water partition coefficient (Wildman–Crippen LogP) is 1.16. The van der Waals surface area contributed by atoms with E-state index in [9.17, 15) is 26.6 Å². The lowest BCUT2D eigenvalue weighted by Crippen LogP contribution is -2.45. The second-order valence-corrected chi connectivity index (χ2v) is 5.08. The molecule has 8 heteroatoms. The van der Waals surface area contributed by atoms with Crippen LogP contribution in [0.2, 0.25) is 0 Å². The van der Waals surface area contributed by atoms with Crippen molar-refractivity contribution in [3.05, 3.63) is 0 Å². The van der Waals surface area contributed by atoms with Crippen molar-refractivity contribution in [2.24, 2.45) is 0 Å². The van der Waals surface area contributed by atoms with E-state index in [1.165, 1.54) is 6.26 Å². The first-order chi connectivity index (χ1) is 7.19. The van der Waals surface area contributed by atoms with Crippen molar-refractivity contribution in [2.75, 3.05) is 12.8 Å². The summed E-state index contributed by atoms with van der Waals surface area (Å²) < 4.78 is 59.1. The van der Waals surface area contributed by atoms with Gasteiger partial charge in [0, 0.05) is 28.9 Å². The number of amides is 1. The van der Waals surface area contributed by atoms with E-state index in [4.69, 9.17) is 0 Å². The molecule has 0 heterocycles. The first-order valence-corrected chi connectivity index (χ1v) is 6.08. The zero-order valence-electron chi connectivity index (χ0n) is 8.81. The summed E-state index contributed by atoms with van der Waals surface area (Å²) in [6.45, 7) is 1.40. The van der Waals surface area contributed by atoms with Gasteiger partial charge in [0.2, 0.25) is 0 Å². The molecule has 0 aromatic rings. The Labute approximate surface area is 93.0 Å². The van der Waals surface area contributed by atoms with Crippen LogP contribution in [0.1, 0.15) is 13.3 Å². The number of hydrogen-bond acceptors (Lipinski definition) is 2. The zero-order valence-corrected chi connectivity index (χ0v) is 9.62. The molecule has 0 rings (SSSR count). The van der Waals surface area contributed by atoms with Gasteiger partial charge in [0.25, 0.3) is 5.91 Å². The molecule has 0 fully saturated rings. The molecular weight excluding hydrogens is 250 g/mol. The molecule has 0 aliphatic heterocycles. The number of nitrogens with one attached hydrogen (secondary N) is 1. The van der Waals surface area contributed by atoms with Crippen LogP contribution in [-0.4, -0.2) is 40.5 Å². The Balaban J connectivity index is 4.04. The summed E-state index contributed by atoms with van der Waals surface area (Å²) in [7, 11) is -1.14. The van der Waals surface area contributed by atoms with Crippen molar-refractivity contribution in [1.82, 2.24) is 5.32 Å². The molecule has 0 bridgehead atoms. The Morgan fingerprint density at radius 1 is 1.44 bits per heavy atom. The molecule has 0 aromatic heterocycles. The lowest BCUT2D eigenvalue weighted by molar-refractivity contribution is -0.169. The van der Waals surface area contributed by atoms with Crippen LogP contribution in [0, 0.1) is 0 Å². The van der Waals surface area contributed by atoms with Gasteiger partial charge in [0.15, 0.2) is 0 Å². The van der Waals surface area contributed by atoms with Gasteiger partial charge in [-0.05, 0) is 6.42 Å². The van der Waals surface area contributed by atoms with Crippen LogP contribution >= 0.6 is 0 Å². The Morgan fingerprint density at radius 3 is 2.31 bits per heavy atom. The van der Waals surface area contributed by atoms with E-state index in [0.717, 1.165) is 0 Å². The number of halogens is 4. The van der Waals surface area contributed by atoms with Crippen molar-refractivity contribution in [1.29, 1.82) is 0 Å². The maximum absolute atomic E-state index is 12.4. The maximum Gasteiger partial charge on any atom is 0.383 e. The van der Waals surface area contributed by atoms with Crippen LogP contribution in [-0.2, 0) is 15.6 Å². The first-order valence-electron chi connectivity index (χ1n) is 4.46. The quantitative estimate of drug-likeness (QED) is 0.731. The van der Waals surface area contributed by atoms with E-state index in [1.54, 1.807) is 12.2 Å². The highest BCUT2D eigenvalue weighted by molar-refractivity contribution is 7.84. The highest BCUT2D eigenvalue weighted by atomic mass is 32.2. The number of alkyl halides is 4. The van der Waals surface area contributed by atoms with Crippen LogP contribution in [0.5, 0.6) is 0 Å². The first kappa shape index (κ1) is 15.3. The van der Waals surface area contributed by atoms with Gasteiger partial charge < -0.3 is 5.32 Å². The van der Waals surface area contributed by atoms with E-state index < -0.39 is 29.1 Å². The fourth-order valence-corrected chi connectivity index (χ4v) is 1.22. The summed E-state index contributed by atoms with van der Waals surface area (Å²) in [5, 5.41) is 1.40. The topological polar surface area (TPSA) is 46.2 Å². The van der Waals surface area contributed by atoms with Gasteiger partial charge in [0.1, 0.15) is 0 Å². The molecule has 0 spiro atoms. The third-order valence-corrected chi connectivity index (χ3v) is 3.35. The molecular formula is C8H13F4NO2S. The van der Waals surface area contributed by atoms with Crippen molar-refractivity contribution >= 4 is 16.7 Å². The normalized spacial score (nSPS) is 15.9. The Hall–Kier alpha value is -0.660. The highest BCUT2D eigenvalue weighted by Gasteiger charge is 2.48. The van der Waals surface area contributed by atoms with Gasteiger partial charge in [-0.25, -0.2) is 8.78 Å². The van der Waals surface area contributed by atoms with E-state index in [1.807, 2.05) is 0 Å². The number of carbonyl (C=O) groups excluding carboxylic acids is 1. The average molecular weight is 263 g/mol. The standard InChI is InChI=1S/C8H13F4NO2S/c1-5(16(2)15)3-4-13-7(14)8(11,12)6(9)10/h5-6H,3-4H2,1-2H3,(H,13,14). The van der Waals surface area contributed by atoms with Crippen molar-refractivity contribution < 1.29 is 26.6 Å². The Bertz CT molecular complexity index is 273. The third-order valence-electron chi connectivity index (χ3n) is 1.98. The lowest BCUT2D eigenvalue weighted by Gasteiger charge is -2.15. The fraction of sp³-hybridized carbons (Fsp3) is 0.875. The van der Waals surface area contributed by atoms with E-state index in [0.29, 0.717) is 0 Å². The molecule has 96 valence electrons. The molecule has 3 nitrogen and oxygen atoms in total. The molecule has 0 aromatic carbocycles. The number of hydrogen-bond donors (Lipinski definition) is 1. The SMILES string of the molecule is CC(CCNC(=O)C(F)(F)C(F)F)S(C)=O. The predicted molar refractivity (Wildman–Crippen MR) is 52.1 cm³/mol. The van der Waals surface area contributed by atoms with E-state index in [2.05, 4.69) is 0 Å². The van der Waals surface area contributed by atoms with Crippen molar-refractivity contribution in [3.63, 3.8) is 0 Å². The minimum atomic E-state index is -4.67. The number of rotatable bonds is 6. The molecule has 0 aliphatic carbocycles. The van der Waals surface area contributed by atoms with Crippen LogP contribution in [0.25, 0.3) is 0 Å². The molecule has 16 heavy (non-hydrogen) atoms. The smallest absolute Gasteiger partial charge is 0.351 e. The molecule has 0 saturated heterocycles. The van der Waals surface area contributed by atoms with Crippen molar-refractivity contribution in [3.8, 4) is 0 Å². The van der Waals surface area contributed by atoms with Crippen LogP contribution < -0.4 is 5.32 Å². The van der Waals surface area contributed by atoms with Gasteiger partial charge in [0.05, 0.1) is 0 Å². The van der Waals surface area contributed by atoms with E-state index >= 15 is 0 Å².